The number of aliphatic hydroxyl groups excluding tert-OH is 2. The van der Waals surface area contributed by atoms with Crippen molar-refractivity contribution in [3.05, 3.63) is 23.8 Å². The Morgan fingerprint density at radius 1 is 1.21 bits per heavy atom. The van der Waals surface area contributed by atoms with Crippen LogP contribution in [0.1, 0.15) is 6.42 Å². The fourth-order valence-corrected chi connectivity index (χ4v) is 4.60. The lowest BCUT2D eigenvalue weighted by atomic mass is 10.0. The number of aliphatic hydroxyl groups is 2. The normalized spacial score (nSPS) is 34.3. The van der Waals surface area contributed by atoms with E-state index in [1.807, 2.05) is 35.7 Å². The number of hydrogen-bond acceptors (Lipinski definition) is 4. The van der Waals surface area contributed by atoms with Crippen LogP contribution in [0.2, 0.25) is 0 Å². The molecule has 2 atom stereocenters. The van der Waals surface area contributed by atoms with Crippen molar-refractivity contribution in [1.82, 2.24) is 0 Å². The molecule has 2 N–H and O–H groups in total. The van der Waals surface area contributed by atoms with Gasteiger partial charge in [0.1, 0.15) is 12.2 Å². The van der Waals surface area contributed by atoms with Crippen molar-refractivity contribution in [3.63, 3.8) is 0 Å². The van der Waals surface area contributed by atoms with E-state index in [2.05, 4.69) is 0 Å². The van der Waals surface area contributed by atoms with Gasteiger partial charge in [0.05, 0.1) is 4.58 Å². The topological polar surface area (TPSA) is 40.5 Å². The van der Waals surface area contributed by atoms with Crippen LogP contribution < -0.4 is 0 Å². The second-order valence-corrected chi connectivity index (χ2v) is 6.14. The highest BCUT2D eigenvalue weighted by atomic mass is 32.2. The van der Waals surface area contributed by atoms with Crippen molar-refractivity contribution in [3.8, 4) is 0 Å². The van der Waals surface area contributed by atoms with Crippen molar-refractivity contribution in [2.75, 3.05) is 11.5 Å². The van der Waals surface area contributed by atoms with Crippen molar-refractivity contribution < 1.29 is 10.2 Å². The first-order valence-electron chi connectivity index (χ1n) is 4.76. The SMILES string of the molecule is O[C@@H]1C(C2SCCCS2)=CC=C[C@@H]1O. The van der Waals surface area contributed by atoms with Crippen LogP contribution in [-0.4, -0.2) is 38.5 Å². The summed E-state index contributed by atoms with van der Waals surface area (Å²) in [6.07, 6.45) is 5.22. The minimum Gasteiger partial charge on any atom is -0.386 e. The van der Waals surface area contributed by atoms with E-state index in [9.17, 15) is 10.2 Å². The Bertz CT molecular complexity index is 257. The molecule has 0 bridgehead atoms. The maximum Gasteiger partial charge on any atom is 0.107 e. The Kier molecular flexibility index (Phi) is 3.60. The fraction of sp³-hybridized carbons (Fsp3) is 0.600. The summed E-state index contributed by atoms with van der Waals surface area (Å²) in [5.74, 6) is 2.31. The van der Waals surface area contributed by atoms with Crippen LogP contribution in [0.15, 0.2) is 23.8 Å². The number of thioether (sulfide) groups is 2. The standard InChI is InChI=1S/C10H14O2S2/c11-8-4-1-3-7(9(8)12)10-13-5-2-6-14-10/h1,3-4,8-12H,2,5-6H2/t8-,9+/m0/s1. The minimum atomic E-state index is -0.724. The summed E-state index contributed by atoms with van der Waals surface area (Å²) in [7, 11) is 0. The smallest absolute Gasteiger partial charge is 0.107 e. The summed E-state index contributed by atoms with van der Waals surface area (Å²) in [6.45, 7) is 0. The molecule has 0 radical (unpaired) electrons. The molecule has 2 aliphatic rings. The van der Waals surface area contributed by atoms with Crippen LogP contribution in [0.3, 0.4) is 0 Å². The molecule has 1 aliphatic heterocycles. The highest BCUT2D eigenvalue weighted by Crippen LogP contribution is 2.38. The average Bonchev–Trinajstić information content (AvgIpc) is 2.23. The number of hydrogen-bond donors (Lipinski definition) is 2. The predicted molar refractivity (Wildman–Crippen MR) is 62.6 cm³/mol. The van der Waals surface area contributed by atoms with E-state index < -0.39 is 12.2 Å². The Morgan fingerprint density at radius 2 is 1.93 bits per heavy atom. The Hall–Kier alpha value is 0.1000. The molecule has 2 rings (SSSR count). The van der Waals surface area contributed by atoms with Crippen molar-refractivity contribution in [1.29, 1.82) is 0 Å². The maximum atomic E-state index is 9.79. The zero-order valence-corrected chi connectivity index (χ0v) is 9.43. The third-order valence-corrected chi connectivity index (χ3v) is 5.38. The predicted octanol–water partition coefficient (Wildman–Crippen LogP) is 1.40. The number of allylic oxidation sites excluding steroid dienone is 2. The van der Waals surface area contributed by atoms with Gasteiger partial charge >= 0.3 is 0 Å². The van der Waals surface area contributed by atoms with Gasteiger partial charge in [-0.15, -0.1) is 23.5 Å². The van der Waals surface area contributed by atoms with E-state index >= 15 is 0 Å². The van der Waals surface area contributed by atoms with E-state index in [1.54, 1.807) is 6.08 Å². The molecule has 4 heteroatoms. The zero-order chi connectivity index (χ0) is 9.97. The van der Waals surface area contributed by atoms with Crippen LogP contribution in [0.4, 0.5) is 0 Å². The van der Waals surface area contributed by atoms with E-state index in [0.717, 1.165) is 17.1 Å². The van der Waals surface area contributed by atoms with Gasteiger partial charge in [0.25, 0.3) is 0 Å². The van der Waals surface area contributed by atoms with Gasteiger partial charge in [-0.2, -0.15) is 0 Å². The Balaban J connectivity index is 2.08. The Labute approximate surface area is 92.5 Å². The molecule has 1 aliphatic carbocycles. The van der Waals surface area contributed by atoms with E-state index in [1.165, 1.54) is 6.42 Å². The summed E-state index contributed by atoms with van der Waals surface area (Å²) < 4.78 is 0.332. The van der Waals surface area contributed by atoms with Crippen LogP contribution in [0.25, 0.3) is 0 Å². The molecule has 0 aromatic rings. The van der Waals surface area contributed by atoms with Gasteiger partial charge in [0, 0.05) is 0 Å². The van der Waals surface area contributed by atoms with Crippen molar-refractivity contribution >= 4 is 23.5 Å². The van der Waals surface area contributed by atoms with Gasteiger partial charge in [0.15, 0.2) is 0 Å². The number of rotatable bonds is 1. The fourth-order valence-electron chi connectivity index (χ4n) is 1.58. The lowest BCUT2D eigenvalue weighted by Crippen LogP contribution is -2.32. The first-order chi connectivity index (χ1) is 6.79. The lowest BCUT2D eigenvalue weighted by Gasteiger charge is -2.29. The molecule has 0 amide bonds. The van der Waals surface area contributed by atoms with Crippen molar-refractivity contribution in [2.45, 2.75) is 23.2 Å². The molecule has 1 saturated heterocycles. The largest absolute Gasteiger partial charge is 0.386 e. The summed E-state index contributed by atoms with van der Waals surface area (Å²) in [5.41, 5.74) is 0.967. The van der Waals surface area contributed by atoms with Crippen molar-refractivity contribution in [2.24, 2.45) is 0 Å². The minimum absolute atomic E-state index is 0.332. The first-order valence-corrected chi connectivity index (χ1v) is 6.86. The van der Waals surface area contributed by atoms with E-state index in [-0.39, 0.29) is 0 Å². The summed E-state index contributed by atoms with van der Waals surface area (Å²) in [5, 5.41) is 19.3. The van der Waals surface area contributed by atoms with Gasteiger partial charge in [-0.05, 0) is 23.5 Å². The van der Waals surface area contributed by atoms with E-state index in [0.29, 0.717) is 4.58 Å². The molecule has 0 aromatic heterocycles. The molecule has 1 fully saturated rings. The molecular formula is C10H14O2S2. The lowest BCUT2D eigenvalue weighted by molar-refractivity contribution is 0.0713. The monoisotopic (exact) mass is 230 g/mol. The Morgan fingerprint density at radius 3 is 2.64 bits per heavy atom. The van der Waals surface area contributed by atoms with Crippen LogP contribution in [-0.2, 0) is 0 Å². The zero-order valence-electron chi connectivity index (χ0n) is 7.80. The second-order valence-electron chi connectivity index (χ2n) is 3.41. The molecule has 78 valence electrons. The summed E-state index contributed by atoms with van der Waals surface area (Å²) in [6, 6.07) is 0. The van der Waals surface area contributed by atoms with Crippen LogP contribution in [0, 0.1) is 0 Å². The maximum absolute atomic E-state index is 9.79. The van der Waals surface area contributed by atoms with Crippen LogP contribution in [0.5, 0.6) is 0 Å². The molecular weight excluding hydrogens is 216 g/mol. The van der Waals surface area contributed by atoms with Gasteiger partial charge in [-0.1, -0.05) is 18.2 Å². The van der Waals surface area contributed by atoms with Gasteiger partial charge in [-0.3, -0.25) is 0 Å². The second kappa shape index (κ2) is 4.75. The van der Waals surface area contributed by atoms with Gasteiger partial charge < -0.3 is 10.2 Å². The van der Waals surface area contributed by atoms with E-state index in [4.69, 9.17) is 0 Å². The highest BCUT2D eigenvalue weighted by Gasteiger charge is 2.28. The highest BCUT2D eigenvalue weighted by molar-refractivity contribution is 8.17. The average molecular weight is 230 g/mol. The molecule has 14 heavy (non-hydrogen) atoms. The van der Waals surface area contributed by atoms with Gasteiger partial charge in [0.2, 0.25) is 0 Å². The molecule has 1 heterocycles. The summed E-state index contributed by atoms with van der Waals surface area (Å²) in [4.78, 5) is 0. The third-order valence-electron chi connectivity index (χ3n) is 2.36. The first kappa shape index (κ1) is 10.6. The summed E-state index contributed by atoms with van der Waals surface area (Å²) >= 11 is 3.73. The molecule has 0 saturated carbocycles. The quantitative estimate of drug-likeness (QED) is 0.714. The molecule has 0 spiro atoms. The molecule has 0 unspecified atom stereocenters. The molecule has 0 aromatic carbocycles. The van der Waals surface area contributed by atoms with Gasteiger partial charge in [-0.25, -0.2) is 0 Å². The molecule has 2 nitrogen and oxygen atoms in total. The third kappa shape index (κ3) is 2.19. The van der Waals surface area contributed by atoms with Crippen LogP contribution >= 0.6 is 23.5 Å².